The lowest BCUT2D eigenvalue weighted by molar-refractivity contribution is -0.450. The fourth-order valence-corrected chi connectivity index (χ4v) is 1.64. The van der Waals surface area contributed by atoms with E-state index in [-0.39, 0.29) is 0 Å². The van der Waals surface area contributed by atoms with Crippen molar-refractivity contribution in [1.82, 2.24) is 0 Å². The minimum Gasteiger partial charge on any atom is -0.198 e. The van der Waals surface area contributed by atoms with Crippen LogP contribution in [-0.4, -0.2) is 41.7 Å². The third-order valence-corrected chi connectivity index (χ3v) is 2.88. The molecule has 23 heavy (non-hydrogen) atoms. The zero-order valence-corrected chi connectivity index (χ0v) is 9.67. The van der Waals surface area contributed by atoms with Crippen molar-refractivity contribution in [2.24, 2.45) is 0 Å². The Morgan fingerprint density at radius 2 is 0.739 bits per heavy atom. The van der Waals surface area contributed by atoms with E-state index < -0.39 is 47.6 Å². The molecule has 0 heterocycles. The summed E-state index contributed by atoms with van der Waals surface area (Å²) in [6, 6.07) is 0. The molecule has 1 aliphatic carbocycles. The SMILES string of the molecule is FC(F)(F)C(F)(F)[C]1C(F)(F)C(F)(F)C(F)(F)C(F)(F)C1(F)F. The van der Waals surface area contributed by atoms with Gasteiger partial charge in [-0.3, -0.25) is 0 Å². The van der Waals surface area contributed by atoms with Gasteiger partial charge in [0, 0.05) is 0 Å². The Morgan fingerprint density at radius 3 is 0.957 bits per heavy atom. The molecular weight excluding hydrogens is 381 g/mol. The monoisotopic (exact) mass is 381 g/mol. The lowest BCUT2D eigenvalue weighted by Gasteiger charge is -2.50. The van der Waals surface area contributed by atoms with Crippen LogP contribution < -0.4 is 0 Å². The molecule has 1 rings (SSSR count). The van der Waals surface area contributed by atoms with Crippen LogP contribution in [0.2, 0.25) is 0 Å². The van der Waals surface area contributed by atoms with Gasteiger partial charge in [0.05, 0.1) is 0 Å². The van der Waals surface area contributed by atoms with Crippen LogP contribution in [0, 0.1) is 5.92 Å². The molecule has 0 saturated heterocycles. The minimum absolute atomic E-state index is 5.36. The van der Waals surface area contributed by atoms with Gasteiger partial charge in [-0.25, -0.2) is 0 Å². The number of alkyl halides is 15. The van der Waals surface area contributed by atoms with Gasteiger partial charge in [0.15, 0.2) is 0 Å². The first-order valence-electron chi connectivity index (χ1n) is 4.83. The van der Waals surface area contributed by atoms with E-state index in [0.29, 0.717) is 0 Å². The molecule has 1 radical (unpaired) electrons. The summed E-state index contributed by atoms with van der Waals surface area (Å²) in [5, 5.41) is 0. The van der Waals surface area contributed by atoms with Crippen LogP contribution in [0.3, 0.4) is 0 Å². The molecule has 1 saturated carbocycles. The highest BCUT2D eigenvalue weighted by atomic mass is 19.4. The van der Waals surface area contributed by atoms with Gasteiger partial charge in [0.2, 0.25) is 5.92 Å². The van der Waals surface area contributed by atoms with E-state index in [9.17, 15) is 65.9 Å². The molecule has 0 amide bonds. The highest BCUT2D eigenvalue weighted by Gasteiger charge is 3.00. The van der Waals surface area contributed by atoms with Crippen molar-refractivity contribution in [3.8, 4) is 0 Å². The Hall–Kier alpha value is -1.05. The van der Waals surface area contributed by atoms with E-state index in [2.05, 4.69) is 0 Å². The summed E-state index contributed by atoms with van der Waals surface area (Å²) in [5.41, 5.74) is 0. The zero-order chi connectivity index (χ0) is 19.1. The summed E-state index contributed by atoms with van der Waals surface area (Å²) < 4.78 is 189. The van der Waals surface area contributed by atoms with Crippen LogP contribution in [0.15, 0.2) is 0 Å². The van der Waals surface area contributed by atoms with E-state index in [4.69, 9.17) is 0 Å². The van der Waals surface area contributed by atoms with Crippen LogP contribution >= 0.6 is 0 Å². The van der Waals surface area contributed by atoms with Gasteiger partial charge < -0.3 is 0 Å². The second-order valence-corrected chi connectivity index (χ2v) is 4.32. The molecular formula is C8F15. The predicted octanol–water partition coefficient (Wildman–Crippen LogP) is 4.95. The summed E-state index contributed by atoms with van der Waals surface area (Å²) in [7, 11) is 0. The molecule has 0 N–H and O–H groups in total. The van der Waals surface area contributed by atoms with Crippen molar-refractivity contribution in [2.75, 3.05) is 0 Å². The van der Waals surface area contributed by atoms with Crippen LogP contribution in [0.4, 0.5) is 65.9 Å². The number of hydrogen-bond donors (Lipinski definition) is 0. The van der Waals surface area contributed by atoms with E-state index in [0.717, 1.165) is 0 Å². The fraction of sp³-hybridized carbons (Fsp3) is 0.875. The van der Waals surface area contributed by atoms with Gasteiger partial charge in [-0.2, -0.15) is 65.9 Å². The molecule has 0 aliphatic heterocycles. The van der Waals surface area contributed by atoms with Crippen molar-refractivity contribution < 1.29 is 65.9 Å². The minimum atomic E-state index is -7.66. The second-order valence-electron chi connectivity index (χ2n) is 4.32. The standard InChI is InChI=1S/C8F15/c9-2(10)1(4(13,14)8(21,22)23)3(11,12)6(17,18)7(19,20)5(2,15)16. The predicted molar refractivity (Wildman–Crippen MR) is 39.0 cm³/mol. The first-order valence-corrected chi connectivity index (χ1v) is 4.83. The quantitative estimate of drug-likeness (QED) is 0.564. The molecule has 0 aromatic rings. The molecule has 15 heteroatoms. The van der Waals surface area contributed by atoms with Gasteiger partial charge in [-0.05, 0) is 0 Å². The van der Waals surface area contributed by atoms with Crippen molar-refractivity contribution in [2.45, 2.75) is 41.7 Å². The highest BCUT2D eigenvalue weighted by Crippen LogP contribution is 2.71. The summed E-state index contributed by atoms with van der Waals surface area (Å²) in [4.78, 5) is 0. The Balaban J connectivity index is 3.84. The molecule has 0 spiro atoms. The summed E-state index contributed by atoms with van der Waals surface area (Å²) in [6.07, 6.45) is -7.46. The maximum atomic E-state index is 12.9. The Labute approximate surface area is 115 Å². The highest BCUT2D eigenvalue weighted by molar-refractivity contribution is 5.36. The third kappa shape index (κ3) is 1.96. The largest absolute Gasteiger partial charge is 0.454 e. The average Bonchev–Trinajstić information content (AvgIpc) is 2.23. The van der Waals surface area contributed by atoms with Gasteiger partial charge in [-0.15, -0.1) is 0 Å². The number of hydrogen-bond acceptors (Lipinski definition) is 0. The molecule has 0 unspecified atom stereocenters. The first-order chi connectivity index (χ1) is 9.62. The molecule has 0 atom stereocenters. The molecule has 137 valence electrons. The molecule has 0 bridgehead atoms. The third-order valence-electron chi connectivity index (χ3n) is 2.88. The Kier molecular flexibility index (Phi) is 3.75. The van der Waals surface area contributed by atoms with Crippen LogP contribution in [0.25, 0.3) is 0 Å². The lowest BCUT2D eigenvalue weighted by Crippen LogP contribution is -2.80. The number of halogens is 15. The van der Waals surface area contributed by atoms with Gasteiger partial charge >= 0.3 is 41.7 Å². The molecule has 0 nitrogen and oxygen atoms in total. The van der Waals surface area contributed by atoms with E-state index in [1.165, 1.54) is 0 Å². The summed E-state index contributed by atoms with van der Waals surface area (Å²) >= 11 is 0. The summed E-state index contributed by atoms with van der Waals surface area (Å²) in [5.74, 6) is -51.1. The van der Waals surface area contributed by atoms with Crippen LogP contribution in [0.1, 0.15) is 0 Å². The van der Waals surface area contributed by atoms with Crippen LogP contribution in [0.5, 0.6) is 0 Å². The number of rotatable bonds is 1. The molecule has 1 aliphatic rings. The maximum Gasteiger partial charge on any atom is 0.454 e. The van der Waals surface area contributed by atoms with Crippen molar-refractivity contribution in [1.29, 1.82) is 0 Å². The topological polar surface area (TPSA) is 0 Å². The zero-order valence-electron chi connectivity index (χ0n) is 9.67. The van der Waals surface area contributed by atoms with Gasteiger partial charge in [-0.1, -0.05) is 0 Å². The molecule has 1 fully saturated rings. The first kappa shape index (κ1) is 20.0. The van der Waals surface area contributed by atoms with Gasteiger partial charge in [0.25, 0.3) is 0 Å². The van der Waals surface area contributed by atoms with Gasteiger partial charge in [0.1, 0.15) is 0 Å². The fourth-order valence-electron chi connectivity index (χ4n) is 1.64. The Bertz CT molecular complexity index is 452. The Morgan fingerprint density at radius 1 is 0.478 bits per heavy atom. The molecule has 0 aromatic carbocycles. The van der Waals surface area contributed by atoms with Crippen LogP contribution in [-0.2, 0) is 0 Å². The van der Waals surface area contributed by atoms with Crippen molar-refractivity contribution in [3.05, 3.63) is 5.92 Å². The van der Waals surface area contributed by atoms with E-state index in [1.807, 2.05) is 0 Å². The summed E-state index contributed by atoms with van der Waals surface area (Å²) in [6.45, 7) is 0. The van der Waals surface area contributed by atoms with Crippen molar-refractivity contribution in [3.63, 3.8) is 0 Å². The molecule has 0 aromatic heterocycles. The normalized spacial score (nSPS) is 29.3. The van der Waals surface area contributed by atoms with Crippen molar-refractivity contribution >= 4 is 0 Å². The smallest absolute Gasteiger partial charge is 0.198 e. The second kappa shape index (κ2) is 4.32. The lowest BCUT2D eigenvalue weighted by atomic mass is 9.71. The van der Waals surface area contributed by atoms with E-state index >= 15 is 0 Å². The average molecular weight is 381 g/mol. The van der Waals surface area contributed by atoms with E-state index in [1.54, 1.807) is 0 Å². The maximum absolute atomic E-state index is 12.9.